The second-order valence-corrected chi connectivity index (χ2v) is 8.45. The third-order valence-electron chi connectivity index (χ3n) is 5.01. The summed E-state index contributed by atoms with van der Waals surface area (Å²) >= 11 is 5.59. The van der Waals surface area contributed by atoms with E-state index in [0.29, 0.717) is 11.5 Å². The second-order valence-electron chi connectivity index (χ2n) is 8.14. The van der Waals surface area contributed by atoms with Crippen LogP contribution in [0.2, 0.25) is 0 Å². The lowest BCUT2D eigenvalue weighted by Crippen LogP contribution is -2.29. The number of esters is 2. The van der Waals surface area contributed by atoms with E-state index in [1.54, 1.807) is 0 Å². The smallest absolute Gasteiger partial charge is 0.303 e. The molecule has 0 aliphatic carbocycles. The van der Waals surface area contributed by atoms with Crippen LogP contribution >= 0.6 is 11.6 Å². The summed E-state index contributed by atoms with van der Waals surface area (Å²) in [6.45, 7) is 6.96. The van der Waals surface area contributed by atoms with Crippen molar-refractivity contribution < 1.29 is 33.6 Å². The number of ether oxygens (including phenoxy) is 4. The summed E-state index contributed by atoms with van der Waals surface area (Å²) in [6.07, 6.45) is -1.39. The highest BCUT2D eigenvalue weighted by Gasteiger charge is 2.23. The molecule has 0 fully saturated rings. The topological polar surface area (TPSA) is 91.3 Å². The molecule has 0 aliphatic heterocycles. The molecule has 0 saturated heterocycles. The molecule has 7 nitrogen and oxygen atoms in total. The Kier molecular flexibility index (Phi) is 10.0. The van der Waals surface area contributed by atoms with Crippen molar-refractivity contribution >= 4 is 23.5 Å². The molecule has 1 unspecified atom stereocenters. The van der Waals surface area contributed by atoms with Crippen molar-refractivity contribution in [3.8, 4) is 11.5 Å². The largest absolute Gasteiger partial charge is 0.491 e. The summed E-state index contributed by atoms with van der Waals surface area (Å²) in [5.41, 5.74) is 1.90. The van der Waals surface area contributed by atoms with Crippen LogP contribution in [0, 0.1) is 0 Å². The molecule has 0 amide bonds. The Labute approximate surface area is 199 Å². The number of carbonyl (C=O) groups excluding carboxylic acids is 2. The molecule has 0 aliphatic rings. The summed E-state index contributed by atoms with van der Waals surface area (Å²) in [7, 11) is 0. The number of alkyl halides is 1. The molecule has 0 radical (unpaired) electrons. The van der Waals surface area contributed by atoms with Crippen molar-refractivity contribution in [2.45, 2.75) is 45.3 Å². The van der Waals surface area contributed by atoms with Crippen LogP contribution in [-0.2, 0) is 24.5 Å². The minimum atomic E-state index is -0.700. The van der Waals surface area contributed by atoms with E-state index in [1.807, 2.05) is 48.5 Å². The summed E-state index contributed by atoms with van der Waals surface area (Å²) in [4.78, 5) is 22.3. The first-order valence-corrected chi connectivity index (χ1v) is 11.2. The number of halogens is 1. The fraction of sp³-hybridized carbons (Fsp3) is 0.440. The summed E-state index contributed by atoms with van der Waals surface area (Å²) in [6, 6.07) is 15.4. The highest BCUT2D eigenvalue weighted by molar-refractivity contribution is 6.18. The number of aliphatic hydroxyl groups is 1. The van der Waals surface area contributed by atoms with Crippen molar-refractivity contribution in [3.05, 3.63) is 59.7 Å². The maximum atomic E-state index is 11.3. The first kappa shape index (κ1) is 26.5. The van der Waals surface area contributed by atoms with Gasteiger partial charge in [0.1, 0.15) is 37.4 Å². The Balaban J connectivity index is 2.00. The van der Waals surface area contributed by atoms with Crippen LogP contribution in [-0.4, -0.2) is 55.0 Å². The van der Waals surface area contributed by atoms with E-state index in [9.17, 15) is 14.7 Å². The van der Waals surface area contributed by atoms with Gasteiger partial charge in [-0.05, 0) is 35.4 Å². The molecule has 0 heterocycles. The van der Waals surface area contributed by atoms with Crippen LogP contribution in [0.1, 0.15) is 38.8 Å². The van der Waals surface area contributed by atoms with Crippen molar-refractivity contribution in [1.29, 1.82) is 0 Å². The molecule has 2 aromatic carbocycles. The van der Waals surface area contributed by atoms with Crippen molar-refractivity contribution in [2.75, 3.05) is 25.7 Å². The monoisotopic (exact) mass is 478 g/mol. The Morgan fingerprint density at radius 3 is 1.76 bits per heavy atom. The molecule has 0 bridgehead atoms. The zero-order chi connectivity index (χ0) is 24.4. The van der Waals surface area contributed by atoms with Crippen molar-refractivity contribution in [3.63, 3.8) is 0 Å². The molecule has 8 heteroatoms. The zero-order valence-corrected chi connectivity index (χ0v) is 20.1. The Hall–Kier alpha value is -2.77. The molecule has 1 N–H and O–H groups in total. The third-order valence-corrected chi connectivity index (χ3v) is 5.37. The number of hydrogen-bond donors (Lipinski definition) is 1. The molecule has 0 aromatic heterocycles. The number of hydrogen-bond acceptors (Lipinski definition) is 7. The Morgan fingerprint density at radius 1 is 0.848 bits per heavy atom. The normalized spacial score (nSPS) is 13.0. The standard InChI is InChI=1S/C25H31ClO7/c1-17(27)30-15-24(33-18(2)28)16-32-23-11-7-20(8-12-23)25(3,4)19-5-9-22(10-6-19)31-14-21(29)13-26/h5-12,21,24,29H,13-16H2,1-4H3/t21?,24-/m0/s1. The van der Waals surface area contributed by atoms with E-state index in [0.717, 1.165) is 11.1 Å². The zero-order valence-electron chi connectivity index (χ0n) is 19.4. The van der Waals surface area contributed by atoms with Gasteiger partial charge in [-0.2, -0.15) is 0 Å². The lowest BCUT2D eigenvalue weighted by Gasteiger charge is -2.26. The summed E-state index contributed by atoms with van der Waals surface area (Å²) < 4.78 is 21.3. The third kappa shape index (κ3) is 8.59. The fourth-order valence-electron chi connectivity index (χ4n) is 3.09. The maximum absolute atomic E-state index is 11.3. The lowest BCUT2D eigenvalue weighted by atomic mass is 9.78. The average molecular weight is 479 g/mol. The van der Waals surface area contributed by atoms with Crippen LogP contribution in [0.15, 0.2) is 48.5 Å². The van der Waals surface area contributed by atoms with Gasteiger partial charge in [-0.1, -0.05) is 38.1 Å². The van der Waals surface area contributed by atoms with Gasteiger partial charge in [-0.15, -0.1) is 11.6 Å². The van der Waals surface area contributed by atoms with Gasteiger partial charge in [0.05, 0.1) is 5.88 Å². The molecule has 0 saturated carbocycles. The minimum absolute atomic E-state index is 0.0649. The van der Waals surface area contributed by atoms with E-state index in [1.165, 1.54) is 13.8 Å². The lowest BCUT2D eigenvalue weighted by molar-refractivity contribution is -0.158. The fourth-order valence-corrected chi connectivity index (χ4v) is 3.18. The highest BCUT2D eigenvalue weighted by atomic mass is 35.5. The number of aliphatic hydroxyl groups excluding tert-OH is 1. The van der Waals surface area contributed by atoms with E-state index < -0.39 is 24.1 Å². The quantitative estimate of drug-likeness (QED) is 0.366. The van der Waals surface area contributed by atoms with Gasteiger partial charge >= 0.3 is 11.9 Å². The van der Waals surface area contributed by atoms with Crippen LogP contribution < -0.4 is 9.47 Å². The maximum Gasteiger partial charge on any atom is 0.303 e. The first-order valence-electron chi connectivity index (χ1n) is 10.6. The van der Waals surface area contributed by atoms with E-state index >= 15 is 0 Å². The highest BCUT2D eigenvalue weighted by Crippen LogP contribution is 2.33. The Morgan fingerprint density at radius 2 is 1.33 bits per heavy atom. The van der Waals surface area contributed by atoms with Crippen LogP contribution in [0.5, 0.6) is 11.5 Å². The van der Waals surface area contributed by atoms with Gasteiger partial charge in [0.2, 0.25) is 0 Å². The molecule has 180 valence electrons. The van der Waals surface area contributed by atoms with Gasteiger partial charge in [0.25, 0.3) is 0 Å². The van der Waals surface area contributed by atoms with Crippen molar-refractivity contribution in [1.82, 2.24) is 0 Å². The molecular formula is C25H31ClO7. The van der Waals surface area contributed by atoms with E-state index in [2.05, 4.69) is 13.8 Å². The average Bonchev–Trinajstić information content (AvgIpc) is 2.79. The van der Waals surface area contributed by atoms with E-state index in [4.69, 9.17) is 30.5 Å². The van der Waals surface area contributed by atoms with Crippen LogP contribution in [0.4, 0.5) is 0 Å². The Bertz CT molecular complexity index is 894. The van der Waals surface area contributed by atoms with E-state index in [-0.39, 0.29) is 31.1 Å². The van der Waals surface area contributed by atoms with Gasteiger partial charge < -0.3 is 24.1 Å². The predicted octanol–water partition coefficient (Wildman–Crippen LogP) is 3.86. The molecular weight excluding hydrogens is 448 g/mol. The molecule has 2 aromatic rings. The molecule has 2 atom stereocenters. The SMILES string of the molecule is CC(=O)OC[C@@H](COc1ccc(C(C)(C)c2ccc(OCC(O)CCl)cc2)cc1)OC(C)=O. The minimum Gasteiger partial charge on any atom is -0.491 e. The summed E-state index contributed by atoms with van der Waals surface area (Å²) in [5, 5.41) is 9.52. The van der Waals surface area contributed by atoms with Crippen LogP contribution in [0.25, 0.3) is 0 Å². The van der Waals surface area contributed by atoms with Gasteiger partial charge in [-0.3, -0.25) is 9.59 Å². The van der Waals surface area contributed by atoms with Gasteiger partial charge in [-0.25, -0.2) is 0 Å². The summed E-state index contributed by atoms with van der Waals surface area (Å²) in [5.74, 6) is 0.474. The van der Waals surface area contributed by atoms with Crippen LogP contribution in [0.3, 0.4) is 0 Å². The number of benzene rings is 2. The van der Waals surface area contributed by atoms with Gasteiger partial charge in [0, 0.05) is 19.3 Å². The second kappa shape index (κ2) is 12.5. The van der Waals surface area contributed by atoms with Crippen molar-refractivity contribution in [2.24, 2.45) is 0 Å². The predicted molar refractivity (Wildman–Crippen MR) is 125 cm³/mol. The molecule has 33 heavy (non-hydrogen) atoms. The number of carbonyl (C=O) groups is 2. The number of rotatable bonds is 12. The first-order chi connectivity index (χ1) is 15.6. The van der Waals surface area contributed by atoms with Gasteiger partial charge in [0.15, 0.2) is 6.10 Å². The molecule has 2 rings (SSSR count). The molecule has 0 spiro atoms.